The molecule has 1 fully saturated rings. The Morgan fingerprint density at radius 3 is 2.67 bits per heavy atom. The Balaban J connectivity index is 1.47. The Bertz CT molecular complexity index is 1430. The summed E-state index contributed by atoms with van der Waals surface area (Å²) in [6.07, 6.45) is 8.90. The molecular weight excluding hydrogens is 480 g/mol. The maximum atomic E-state index is 12.8. The SMILES string of the molecule is COC1CCN(CC(=O)Nc2cnc(C)c(-c3c(-c4cnn(C)c4)sc4c(C(N)=O)cnn34)c2)CC1. The second kappa shape index (κ2) is 9.80. The van der Waals surface area contributed by atoms with Crippen LogP contribution in [0, 0.1) is 6.92 Å². The van der Waals surface area contributed by atoms with Crippen LogP contribution in [-0.2, 0) is 16.6 Å². The van der Waals surface area contributed by atoms with Gasteiger partial charge in [-0.3, -0.25) is 24.2 Å². The number of amides is 2. The van der Waals surface area contributed by atoms with E-state index < -0.39 is 5.91 Å². The van der Waals surface area contributed by atoms with Gasteiger partial charge in [0, 0.05) is 50.3 Å². The van der Waals surface area contributed by atoms with E-state index in [1.165, 1.54) is 17.5 Å². The van der Waals surface area contributed by atoms with Gasteiger partial charge in [0.25, 0.3) is 5.91 Å². The normalized spacial score (nSPS) is 15.0. The number of carbonyl (C=O) groups excluding carboxylic acids is 2. The number of pyridine rings is 1. The van der Waals surface area contributed by atoms with E-state index in [9.17, 15) is 9.59 Å². The summed E-state index contributed by atoms with van der Waals surface area (Å²) in [7, 11) is 3.57. The van der Waals surface area contributed by atoms with Crippen molar-refractivity contribution >= 4 is 33.7 Å². The molecular formula is C24H28N8O3S. The second-order valence-electron chi connectivity index (χ2n) is 8.94. The molecule has 0 atom stereocenters. The number of primary amides is 1. The average Bonchev–Trinajstić information content (AvgIpc) is 3.55. The molecule has 1 aliphatic rings. The van der Waals surface area contributed by atoms with E-state index in [0.29, 0.717) is 22.6 Å². The summed E-state index contributed by atoms with van der Waals surface area (Å²) >= 11 is 1.41. The topological polar surface area (TPSA) is 133 Å². The van der Waals surface area contributed by atoms with Crippen molar-refractivity contribution in [2.24, 2.45) is 12.8 Å². The zero-order valence-electron chi connectivity index (χ0n) is 20.4. The molecule has 0 unspecified atom stereocenters. The lowest BCUT2D eigenvalue weighted by Gasteiger charge is -2.30. The molecule has 0 saturated carbocycles. The zero-order valence-corrected chi connectivity index (χ0v) is 21.2. The van der Waals surface area contributed by atoms with E-state index in [2.05, 4.69) is 25.4 Å². The second-order valence-corrected chi connectivity index (χ2v) is 9.94. The van der Waals surface area contributed by atoms with Crippen LogP contribution in [0.1, 0.15) is 28.9 Å². The third-order valence-corrected chi connectivity index (χ3v) is 7.66. The van der Waals surface area contributed by atoms with E-state index in [1.807, 2.05) is 26.2 Å². The van der Waals surface area contributed by atoms with Crippen molar-refractivity contribution in [3.8, 4) is 21.7 Å². The number of anilines is 1. The fourth-order valence-corrected chi connectivity index (χ4v) is 5.72. The van der Waals surface area contributed by atoms with Gasteiger partial charge >= 0.3 is 0 Å². The van der Waals surface area contributed by atoms with Crippen LogP contribution in [0.15, 0.2) is 30.9 Å². The van der Waals surface area contributed by atoms with E-state index in [-0.39, 0.29) is 12.0 Å². The number of carbonyl (C=O) groups is 2. The summed E-state index contributed by atoms with van der Waals surface area (Å²) in [4.78, 5) is 33.0. The van der Waals surface area contributed by atoms with E-state index in [1.54, 1.807) is 28.7 Å². The number of nitrogens with two attached hydrogens (primary N) is 1. The number of nitrogens with one attached hydrogen (secondary N) is 1. The summed E-state index contributed by atoms with van der Waals surface area (Å²) in [5, 5.41) is 11.7. The number of aryl methyl sites for hydroxylation is 2. The maximum absolute atomic E-state index is 12.8. The Morgan fingerprint density at radius 1 is 1.22 bits per heavy atom. The smallest absolute Gasteiger partial charge is 0.253 e. The van der Waals surface area contributed by atoms with Gasteiger partial charge < -0.3 is 15.8 Å². The molecule has 36 heavy (non-hydrogen) atoms. The molecule has 0 bridgehead atoms. The summed E-state index contributed by atoms with van der Waals surface area (Å²) in [6.45, 7) is 3.86. The first-order valence-electron chi connectivity index (χ1n) is 11.7. The molecule has 188 valence electrons. The summed E-state index contributed by atoms with van der Waals surface area (Å²) in [5.41, 5.74) is 9.73. The molecule has 0 aliphatic carbocycles. The highest BCUT2D eigenvalue weighted by Gasteiger charge is 2.24. The van der Waals surface area contributed by atoms with Gasteiger partial charge in [-0.1, -0.05) is 0 Å². The predicted molar refractivity (Wildman–Crippen MR) is 137 cm³/mol. The monoisotopic (exact) mass is 508 g/mol. The molecule has 0 radical (unpaired) electrons. The molecule has 1 aliphatic heterocycles. The van der Waals surface area contributed by atoms with Gasteiger partial charge in [-0.25, -0.2) is 4.52 Å². The van der Waals surface area contributed by atoms with E-state index in [4.69, 9.17) is 10.5 Å². The van der Waals surface area contributed by atoms with Gasteiger partial charge in [0.15, 0.2) is 0 Å². The maximum Gasteiger partial charge on any atom is 0.253 e. The van der Waals surface area contributed by atoms with Crippen LogP contribution in [0.4, 0.5) is 5.69 Å². The molecule has 0 aromatic carbocycles. The third kappa shape index (κ3) is 4.62. The number of fused-ring (bicyclic) bond motifs is 1. The summed E-state index contributed by atoms with van der Waals surface area (Å²) in [6, 6.07) is 1.89. The highest BCUT2D eigenvalue weighted by molar-refractivity contribution is 7.21. The number of piperidine rings is 1. The van der Waals surface area contributed by atoms with Gasteiger partial charge in [0.05, 0.1) is 53.1 Å². The van der Waals surface area contributed by atoms with Crippen LogP contribution in [0.5, 0.6) is 0 Å². The van der Waals surface area contributed by atoms with Crippen LogP contribution < -0.4 is 11.1 Å². The Hall–Kier alpha value is -3.61. The van der Waals surface area contributed by atoms with Gasteiger partial charge in [-0.2, -0.15) is 10.2 Å². The molecule has 4 aromatic rings. The van der Waals surface area contributed by atoms with Crippen molar-refractivity contribution < 1.29 is 14.3 Å². The lowest BCUT2D eigenvalue weighted by atomic mass is 10.1. The molecule has 11 nitrogen and oxygen atoms in total. The average molecular weight is 509 g/mol. The Morgan fingerprint density at radius 2 is 2.00 bits per heavy atom. The number of nitrogens with zero attached hydrogens (tertiary/aromatic N) is 6. The molecule has 4 aromatic heterocycles. The summed E-state index contributed by atoms with van der Waals surface area (Å²) < 4.78 is 8.84. The van der Waals surface area contributed by atoms with Crippen molar-refractivity contribution in [3.05, 3.63) is 42.1 Å². The number of thiazole rings is 1. The van der Waals surface area contributed by atoms with Crippen LogP contribution in [0.25, 0.3) is 26.5 Å². The standard InChI is InChI=1S/C24H28N8O3S/c1-14-18(8-16(10-26-14)29-20(33)13-31-6-4-17(35-3)5-7-31)21-22(15-9-27-30(2)12-15)36-24-19(23(25)34)11-28-32(21)24/h8-12,17H,4-7,13H2,1-3H3,(H2,25,34)(H,29,33). The minimum atomic E-state index is -0.541. The predicted octanol–water partition coefficient (Wildman–Crippen LogP) is 2.31. The first-order chi connectivity index (χ1) is 17.3. The fraction of sp³-hybridized carbons (Fsp3) is 0.375. The lowest BCUT2D eigenvalue weighted by molar-refractivity contribution is -0.117. The quantitative estimate of drug-likeness (QED) is 0.391. The first kappa shape index (κ1) is 24.1. The number of aromatic nitrogens is 5. The number of hydrogen-bond acceptors (Lipinski definition) is 8. The van der Waals surface area contributed by atoms with E-state index in [0.717, 1.165) is 53.3 Å². The number of ether oxygens (including phenoxy) is 1. The Labute approximate surface area is 211 Å². The van der Waals surface area contributed by atoms with Crippen molar-refractivity contribution in [2.75, 3.05) is 32.1 Å². The van der Waals surface area contributed by atoms with Gasteiger partial charge in [0.2, 0.25) is 5.91 Å². The molecule has 12 heteroatoms. The first-order valence-corrected chi connectivity index (χ1v) is 12.5. The number of rotatable bonds is 7. The van der Waals surface area contributed by atoms with Crippen molar-refractivity contribution in [3.63, 3.8) is 0 Å². The van der Waals surface area contributed by atoms with Crippen LogP contribution in [0.2, 0.25) is 0 Å². The highest BCUT2D eigenvalue weighted by atomic mass is 32.1. The lowest BCUT2D eigenvalue weighted by Crippen LogP contribution is -2.41. The molecule has 0 spiro atoms. The minimum absolute atomic E-state index is 0.0967. The van der Waals surface area contributed by atoms with Crippen LogP contribution >= 0.6 is 11.3 Å². The highest BCUT2D eigenvalue weighted by Crippen LogP contribution is 2.41. The van der Waals surface area contributed by atoms with Crippen molar-refractivity contribution in [1.82, 2.24) is 29.3 Å². The Kier molecular flexibility index (Phi) is 6.56. The number of likely N-dealkylation sites (tertiary alicyclic amines) is 1. The van der Waals surface area contributed by atoms with Crippen LogP contribution in [0.3, 0.4) is 0 Å². The van der Waals surface area contributed by atoms with E-state index >= 15 is 0 Å². The molecule has 3 N–H and O–H groups in total. The molecule has 5 heterocycles. The van der Waals surface area contributed by atoms with Crippen molar-refractivity contribution in [2.45, 2.75) is 25.9 Å². The minimum Gasteiger partial charge on any atom is -0.381 e. The van der Waals surface area contributed by atoms with Gasteiger partial charge in [0.1, 0.15) is 4.83 Å². The molecule has 2 amide bonds. The largest absolute Gasteiger partial charge is 0.381 e. The van der Waals surface area contributed by atoms with Gasteiger partial charge in [-0.05, 0) is 25.8 Å². The third-order valence-electron chi connectivity index (χ3n) is 6.44. The zero-order chi connectivity index (χ0) is 25.4. The van der Waals surface area contributed by atoms with Crippen LogP contribution in [-0.4, -0.2) is 73.9 Å². The summed E-state index contributed by atoms with van der Waals surface area (Å²) in [5.74, 6) is -0.638. The van der Waals surface area contributed by atoms with Crippen molar-refractivity contribution in [1.29, 1.82) is 0 Å². The number of methoxy groups -OCH3 is 1. The van der Waals surface area contributed by atoms with Gasteiger partial charge in [-0.15, -0.1) is 11.3 Å². The molecule has 1 saturated heterocycles. The fourth-order valence-electron chi connectivity index (χ4n) is 4.52. The number of hydrogen-bond donors (Lipinski definition) is 2. The molecule has 5 rings (SSSR count).